The molecule has 0 aromatic carbocycles. The molecule has 0 saturated carbocycles. The second-order valence-electron chi connectivity index (χ2n) is 1.43. The van der Waals surface area contributed by atoms with Crippen molar-refractivity contribution in [3.05, 3.63) is 0 Å². The molecule has 0 radical (unpaired) electrons. The summed E-state index contributed by atoms with van der Waals surface area (Å²) in [5, 5.41) is 0. The summed E-state index contributed by atoms with van der Waals surface area (Å²) in [6.45, 7) is 0. The van der Waals surface area contributed by atoms with E-state index in [1.165, 1.54) is 0 Å². The van der Waals surface area contributed by atoms with E-state index in [9.17, 15) is 18.6 Å². The number of carbonyl (C=O) groups is 2. The van der Waals surface area contributed by atoms with Gasteiger partial charge in [-0.05, 0) is 0 Å². The number of halogens is 2. The van der Waals surface area contributed by atoms with Crippen molar-refractivity contribution in [1.82, 2.24) is 0 Å². The predicted octanol–water partition coefficient (Wildman–Crippen LogP) is -4.27. The summed E-state index contributed by atoms with van der Waals surface area (Å²) in [7, 11) is -1.87. The van der Waals surface area contributed by atoms with Crippen LogP contribution < -0.4 is 34.8 Å². The van der Waals surface area contributed by atoms with E-state index in [-0.39, 0.29) is 18.9 Å². The van der Waals surface area contributed by atoms with E-state index >= 15 is 0 Å². The van der Waals surface area contributed by atoms with Gasteiger partial charge in [0.25, 0.3) is 0 Å². The largest absolute Gasteiger partial charge is 1.00 e. The van der Waals surface area contributed by atoms with E-state index in [1.807, 2.05) is 0 Å². The van der Waals surface area contributed by atoms with Gasteiger partial charge in [-0.3, -0.25) is 9.88 Å². The minimum Gasteiger partial charge on any atom is -0.806 e. The summed E-state index contributed by atoms with van der Waals surface area (Å²) in [5.74, 6) is -2.98. The molecule has 14 heavy (non-hydrogen) atoms. The topological polar surface area (TPSA) is 128 Å². The van der Waals surface area contributed by atoms with Crippen LogP contribution >= 0.6 is 8.45 Å². The summed E-state index contributed by atoms with van der Waals surface area (Å²) in [6.07, 6.45) is -1.06. The smallest absolute Gasteiger partial charge is 0.806 e. The van der Waals surface area contributed by atoms with Gasteiger partial charge in [0.1, 0.15) is 0 Å². The molecule has 4 N–H and O–H groups in total. The van der Waals surface area contributed by atoms with Crippen molar-refractivity contribution in [3.63, 3.8) is 0 Å². The third-order valence-corrected chi connectivity index (χ3v) is 0.461. The minimum atomic E-state index is -1.87. The predicted molar refractivity (Wildman–Crippen MR) is 34.3 cm³/mol. The van der Waals surface area contributed by atoms with Gasteiger partial charge in [-0.25, -0.2) is 9.59 Å². The number of nitrogens with two attached hydrogens (primary N) is 2. The van der Waals surface area contributed by atoms with Crippen LogP contribution in [-0.4, -0.2) is 11.9 Å². The van der Waals surface area contributed by atoms with Gasteiger partial charge in [-0.2, -0.15) is 0 Å². The molecule has 0 fully saturated rings. The van der Waals surface area contributed by atoms with Crippen molar-refractivity contribution < 1.29 is 52.3 Å². The molecule has 7 nitrogen and oxygen atoms in total. The van der Waals surface area contributed by atoms with E-state index < -0.39 is 26.8 Å². The maximum atomic E-state index is 10.7. The fraction of sp³-hybridized carbons (Fsp3) is 0.333. The Hall–Kier alpha value is -0.293. The molecular weight excluding hydrogens is 220 g/mol. The molecule has 0 rings (SSSR count). The Morgan fingerprint density at radius 3 is 1.57 bits per heavy atom. The normalized spacial score (nSPS) is 7.86. The second-order valence-corrected chi connectivity index (χ2v) is 2.15. The van der Waals surface area contributed by atoms with Crippen molar-refractivity contribution in [2.24, 2.45) is 11.0 Å². The monoisotopic (exact) mass is 226 g/mol. The molecule has 0 aliphatic heterocycles. The molecule has 0 bridgehead atoms. The fourth-order valence-electron chi connectivity index (χ4n) is 0.172. The molecule has 0 aromatic heterocycles. The van der Waals surface area contributed by atoms with Gasteiger partial charge in [-0.1, -0.05) is 8.45 Å². The molecule has 11 heteroatoms. The van der Waals surface area contributed by atoms with Crippen molar-refractivity contribution >= 4 is 20.4 Å². The van der Waals surface area contributed by atoms with Gasteiger partial charge in [0.05, 0.1) is 0 Å². The van der Waals surface area contributed by atoms with Crippen LogP contribution in [0.2, 0.25) is 0 Å². The van der Waals surface area contributed by atoms with Gasteiger partial charge in [0, 0.05) is 9.05 Å². The molecule has 0 aliphatic carbocycles. The molecule has 0 atom stereocenters. The maximum absolute atomic E-state index is 10.7. The van der Waals surface area contributed by atoms with Crippen LogP contribution in [0.25, 0.3) is 0 Å². The van der Waals surface area contributed by atoms with Crippen LogP contribution in [0.3, 0.4) is 0 Å². The molecule has 0 saturated heterocycles. The number of hydrogen-bond acceptors (Lipinski definition) is 7. The van der Waals surface area contributed by atoms with Gasteiger partial charge in [0.2, 0.25) is 0 Å². The Bertz CT molecular complexity index is 156. The zero-order chi connectivity index (χ0) is 10.9. The standard InChI is InChI=1S/C3H2F2O4.Li.H4N2OP/c4-8-2(6)1-3(7)9-5;;1-4(2)3/h1H2;;1-2H2/q;+1;-1. The Kier molecular flexibility index (Phi) is 17.5. The molecule has 0 spiro atoms. The molecule has 78 valence electrons. The third-order valence-electron chi connectivity index (χ3n) is 0.461. The maximum Gasteiger partial charge on any atom is 1.00 e. The van der Waals surface area contributed by atoms with Gasteiger partial charge < -0.3 is 15.9 Å². The first-order valence-corrected chi connectivity index (χ1v) is 3.93. The van der Waals surface area contributed by atoms with Gasteiger partial charge >= 0.3 is 30.8 Å². The summed E-state index contributed by atoms with van der Waals surface area (Å²) in [6, 6.07) is 0. The first kappa shape index (κ1) is 19.3. The number of carbonyl (C=O) groups excluding carboxylic acids is 2. The minimum absolute atomic E-state index is 0. The Balaban J connectivity index is -0.000000209. The zero-order valence-corrected chi connectivity index (χ0v) is 8.00. The summed E-state index contributed by atoms with van der Waals surface area (Å²) >= 11 is 0. The van der Waals surface area contributed by atoms with Gasteiger partial charge in [0.15, 0.2) is 6.42 Å². The second kappa shape index (κ2) is 12.7. The van der Waals surface area contributed by atoms with E-state index in [2.05, 4.69) is 20.9 Å². The van der Waals surface area contributed by atoms with E-state index in [1.54, 1.807) is 0 Å². The fourth-order valence-corrected chi connectivity index (χ4v) is 0.172. The van der Waals surface area contributed by atoms with Crippen LogP contribution in [0.1, 0.15) is 6.42 Å². The summed E-state index contributed by atoms with van der Waals surface area (Å²) in [5.41, 5.74) is 8.80. The van der Waals surface area contributed by atoms with Crippen molar-refractivity contribution in [1.29, 1.82) is 0 Å². The number of hydrogen-bond donors (Lipinski definition) is 2. The molecule has 0 heterocycles. The molecule has 0 unspecified atom stereocenters. The van der Waals surface area contributed by atoms with Crippen LogP contribution in [0.4, 0.5) is 9.05 Å². The van der Waals surface area contributed by atoms with Gasteiger partial charge in [-0.15, -0.1) is 0 Å². The molecule has 0 aromatic rings. The number of rotatable bonds is 2. The molecule has 0 aliphatic rings. The van der Waals surface area contributed by atoms with E-state index in [0.29, 0.717) is 0 Å². The van der Waals surface area contributed by atoms with Crippen molar-refractivity contribution in [2.45, 2.75) is 6.42 Å². The first-order valence-electron chi connectivity index (χ1n) is 2.53. The quantitative estimate of drug-likeness (QED) is 0.277. The van der Waals surface area contributed by atoms with Crippen molar-refractivity contribution in [3.8, 4) is 0 Å². The molecule has 0 amide bonds. The summed E-state index contributed by atoms with van der Waals surface area (Å²) < 4.78 is 21.4. The Morgan fingerprint density at radius 2 is 1.43 bits per heavy atom. The van der Waals surface area contributed by atoms with E-state index in [0.717, 1.165) is 0 Å². The average molecular weight is 226 g/mol. The average Bonchev–Trinajstić information content (AvgIpc) is 2.03. The first-order chi connectivity index (χ1) is 5.93. The summed E-state index contributed by atoms with van der Waals surface area (Å²) in [4.78, 5) is 33.6. The zero-order valence-electron chi connectivity index (χ0n) is 7.11. The molecular formula is C3H6F2LiN2O5P. The Morgan fingerprint density at radius 1 is 1.21 bits per heavy atom. The van der Waals surface area contributed by atoms with Crippen LogP contribution in [0.15, 0.2) is 0 Å². The van der Waals surface area contributed by atoms with Crippen molar-refractivity contribution in [2.75, 3.05) is 0 Å². The third kappa shape index (κ3) is 22.6. The van der Waals surface area contributed by atoms with Crippen LogP contribution in [0, 0.1) is 0 Å². The van der Waals surface area contributed by atoms with Crippen LogP contribution in [0.5, 0.6) is 0 Å². The van der Waals surface area contributed by atoms with Crippen LogP contribution in [-0.2, 0) is 19.5 Å². The Labute approximate surface area is 90.6 Å². The SMILES string of the molecule is NP(N)[O-].O=C(CC(=O)OF)OF.[Li+]. The van der Waals surface area contributed by atoms with E-state index in [4.69, 9.17) is 4.89 Å².